The maximum absolute atomic E-state index is 13.7. The van der Waals surface area contributed by atoms with Crippen LogP contribution < -0.4 is 10.6 Å². The van der Waals surface area contributed by atoms with E-state index in [-0.39, 0.29) is 50.9 Å². The number of methoxy groups -OCH3 is 1. The van der Waals surface area contributed by atoms with Gasteiger partial charge in [0.05, 0.1) is 13.2 Å². The maximum Gasteiger partial charge on any atom is 0.410 e. The van der Waals surface area contributed by atoms with Crippen molar-refractivity contribution in [1.82, 2.24) is 20.4 Å². The zero-order chi connectivity index (χ0) is 37.0. The average Bonchev–Trinajstić information content (AvgIpc) is 3.11. The molecule has 0 radical (unpaired) electrons. The molecule has 278 valence electrons. The second-order valence-corrected chi connectivity index (χ2v) is 14.6. The fourth-order valence-corrected chi connectivity index (χ4v) is 6.76. The average molecular weight is 727 g/mol. The highest BCUT2D eigenvalue weighted by Gasteiger charge is 2.37. The molecule has 0 spiro atoms. The van der Waals surface area contributed by atoms with Crippen molar-refractivity contribution in [3.05, 3.63) is 70.7 Å². The molecule has 1 aliphatic carbocycles. The van der Waals surface area contributed by atoms with E-state index >= 15 is 0 Å². The topological polar surface area (TPSA) is 144 Å². The maximum atomic E-state index is 13.7. The van der Waals surface area contributed by atoms with Crippen molar-refractivity contribution in [2.45, 2.75) is 102 Å². The summed E-state index contributed by atoms with van der Waals surface area (Å²) in [7, 11) is 1.22. The number of esters is 1. The Kier molecular flexibility index (Phi) is 14.5. The minimum absolute atomic E-state index is 0.0190. The molecule has 0 aromatic heterocycles. The number of nitrogens with zero attached hydrogens (tertiary/aromatic N) is 2. The van der Waals surface area contributed by atoms with E-state index in [1.54, 1.807) is 54.8 Å². The molecule has 1 heterocycles. The van der Waals surface area contributed by atoms with E-state index in [9.17, 15) is 24.0 Å². The first-order valence-corrected chi connectivity index (χ1v) is 18.1. The lowest BCUT2D eigenvalue weighted by atomic mass is 9.84. The van der Waals surface area contributed by atoms with Crippen LogP contribution in [0.5, 0.6) is 0 Å². The van der Waals surface area contributed by atoms with Crippen molar-refractivity contribution in [2.75, 3.05) is 26.7 Å². The van der Waals surface area contributed by atoms with E-state index in [2.05, 4.69) is 10.6 Å². The predicted molar refractivity (Wildman–Crippen MR) is 192 cm³/mol. The van der Waals surface area contributed by atoms with Gasteiger partial charge in [-0.2, -0.15) is 0 Å². The third kappa shape index (κ3) is 12.4. The Balaban J connectivity index is 1.40. The van der Waals surface area contributed by atoms with Crippen LogP contribution in [-0.4, -0.2) is 84.2 Å². The molecule has 2 aromatic carbocycles. The molecular formula is C38H51ClN4O8. The summed E-state index contributed by atoms with van der Waals surface area (Å²) in [5, 5.41) is 5.95. The van der Waals surface area contributed by atoms with E-state index in [4.69, 9.17) is 25.8 Å². The summed E-state index contributed by atoms with van der Waals surface area (Å²) in [6.07, 6.45) is 4.16. The van der Waals surface area contributed by atoms with Crippen LogP contribution in [0, 0.1) is 5.92 Å². The largest absolute Gasteiger partial charge is 0.467 e. The third-order valence-corrected chi connectivity index (χ3v) is 9.39. The molecule has 1 aliphatic heterocycles. The molecule has 1 unspecified atom stereocenters. The standard InChI is InChI=1S/C38H51ClN4O8/c1-38(2,3)51-37(48)43-21-20-42(24-32(43)28-15-9-6-10-16-28)33(44)19-18-30(35(46)49-4)40-34(45)31(23-26-12-7-5-8-13-26)41-36(47)50-25-27-14-11-17-29(39)22-27/h6,9-11,14-17,22,26,30-32H,5,7-8,12-13,18-21,23-25H2,1-4H3,(H,40,45)(H,41,47)/t30-,31-,32?/m0/s1. The lowest BCUT2D eigenvalue weighted by Gasteiger charge is -2.42. The molecule has 51 heavy (non-hydrogen) atoms. The summed E-state index contributed by atoms with van der Waals surface area (Å²) >= 11 is 6.05. The molecule has 0 bridgehead atoms. The van der Waals surface area contributed by atoms with Gasteiger partial charge in [-0.1, -0.05) is 86.2 Å². The molecule has 2 N–H and O–H groups in total. The Hall–Kier alpha value is -4.32. The van der Waals surface area contributed by atoms with Crippen LogP contribution in [0.4, 0.5) is 9.59 Å². The number of halogens is 1. The Morgan fingerprint density at radius 3 is 2.31 bits per heavy atom. The number of ether oxygens (including phenoxy) is 3. The third-order valence-electron chi connectivity index (χ3n) is 9.16. The number of rotatable bonds is 12. The van der Waals surface area contributed by atoms with Crippen molar-refractivity contribution in [3.8, 4) is 0 Å². The van der Waals surface area contributed by atoms with Crippen LogP contribution in [0.15, 0.2) is 54.6 Å². The van der Waals surface area contributed by atoms with E-state index in [1.807, 2.05) is 30.3 Å². The summed E-state index contributed by atoms with van der Waals surface area (Å²) in [5.74, 6) is -1.27. The van der Waals surface area contributed by atoms with Crippen LogP contribution in [-0.2, 0) is 35.2 Å². The van der Waals surface area contributed by atoms with E-state index in [1.165, 1.54) is 7.11 Å². The SMILES string of the molecule is COC(=O)[C@H](CCC(=O)N1CCN(C(=O)OC(C)(C)C)C(c2ccccc2)C1)NC(=O)[C@H](CC1CCCCC1)NC(=O)OCc1cccc(Cl)c1. The van der Waals surface area contributed by atoms with Gasteiger partial charge in [-0.25, -0.2) is 14.4 Å². The molecular weight excluding hydrogens is 676 g/mol. The van der Waals surface area contributed by atoms with Crippen LogP contribution in [0.2, 0.25) is 5.02 Å². The number of nitrogens with one attached hydrogen (secondary N) is 2. The predicted octanol–water partition coefficient (Wildman–Crippen LogP) is 6.16. The molecule has 4 amide bonds. The fraction of sp³-hybridized carbons (Fsp3) is 0.553. The second-order valence-electron chi connectivity index (χ2n) is 14.2. The molecule has 2 fully saturated rings. The molecule has 2 aliphatic rings. The molecule has 1 saturated heterocycles. The van der Waals surface area contributed by atoms with Gasteiger partial charge in [0.25, 0.3) is 0 Å². The molecule has 13 heteroatoms. The summed E-state index contributed by atoms with van der Waals surface area (Å²) in [6, 6.07) is 13.9. The number of piperazine rings is 1. The van der Waals surface area contributed by atoms with Gasteiger partial charge in [-0.15, -0.1) is 0 Å². The summed E-state index contributed by atoms with van der Waals surface area (Å²) in [6.45, 7) is 6.17. The first-order chi connectivity index (χ1) is 24.3. The smallest absolute Gasteiger partial charge is 0.410 e. The summed E-state index contributed by atoms with van der Waals surface area (Å²) in [5.41, 5.74) is 0.881. The van der Waals surface area contributed by atoms with Gasteiger partial charge in [0, 0.05) is 31.1 Å². The first kappa shape index (κ1) is 39.5. The van der Waals surface area contributed by atoms with Gasteiger partial charge in [-0.05, 0) is 62.8 Å². The lowest BCUT2D eigenvalue weighted by Crippen LogP contribution is -2.54. The first-order valence-electron chi connectivity index (χ1n) is 17.7. The minimum atomic E-state index is -1.13. The lowest BCUT2D eigenvalue weighted by molar-refractivity contribution is -0.146. The monoisotopic (exact) mass is 726 g/mol. The molecule has 4 rings (SSSR count). The van der Waals surface area contributed by atoms with Gasteiger partial charge < -0.3 is 29.7 Å². The molecule has 1 saturated carbocycles. The number of carbonyl (C=O) groups excluding carboxylic acids is 5. The summed E-state index contributed by atoms with van der Waals surface area (Å²) in [4.78, 5) is 69.5. The zero-order valence-electron chi connectivity index (χ0n) is 30.0. The molecule has 2 aromatic rings. The van der Waals surface area contributed by atoms with Crippen molar-refractivity contribution in [1.29, 1.82) is 0 Å². The number of benzene rings is 2. The number of hydrogen-bond donors (Lipinski definition) is 2. The minimum Gasteiger partial charge on any atom is -0.467 e. The second kappa shape index (κ2) is 18.8. The van der Waals surface area contributed by atoms with E-state index < -0.39 is 47.8 Å². The molecule has 3 atom stereocenters. The van der Waals surface area contributed by atoms with E-state index in [0.29, 0.717) is 17.0 Å². The fourth-order valence-electron chi connectivity index (χ4n) is 6.55. The highest BCUT2D eigenvalue weighted by molar-refractivity contribution is 6.30. The highest BCUT2D eigenvalue weighted by Crippen LogP contribution is 2.29. The van der Waals surface area contributed by atoms with Gasteiger partial charge >= 0.3 is 18.2 Å². The van der Waals surface area contributed by atoms with Crippen molar-refractivity contribution in [3.63, 3.8) is 0 Å². The normalized spacial score (nSPS) is 17.9. The van der Waals surface area contributed by atoms with Gasteiger partial charge in [0.1, 0.15) is 24.3 Å². The van der Waals surface area contributed by atoms with Gasteiger partial charge in [0.15, 0.2) is 0 Å². The number of alkyl carbamates (subject to hydrolysis) is 1. The Morgan fingerprint density at radius 2 is 1.65 bits per heavy atom. The number of carbonyl (C=O) groups is 5. The van der Waals surface area contributed by atoms with E-state index in [0.717, 1.165) is 37.7 Å². The van der Waals surface area contributed by atoms with Crippen LogP contribution in [0.3, 0.4) is 0 Å². The number of amides is 4. The zero-order valence-corrected chi connectivity index (χ0v) is 30.8. The van der Waals surface area contributed by atoms with Crippen molar-refractivity contribution >= 4 is 41.6 Å². The Morgan fingerprint density at radius 1 is 0.922 bits per heavy atom. The molecule has 12 nitrogen and oxygen atoms in total. The van der Waals surface area contributed by atoms with Crippen molar-refractivity contribution < 1.29 is 38.2 Å². The van der Waals surface area contributed by atoms with Crippen molar-refractivity contribution in [2.24, 2.45) is 5.92 Å². The van der Waals surface area contributed by atoms with Crippen LogP contribution >= 0.6 is 11.6 Å². The van der Waals surface area contributed by atoms with Crippen LogP contribution in [0.25, 0.3) is 0 Å². The van der Waals surface area contributed by atoms with Crippen LogP contribution in [0.1, 0.15) is 89.3 Å². The number of hydrogen-bond acceptors (Lipinski definition) is 8. The van der Waals surface area contributed by atoms with Gasteiger partial charge in [0.2, 0.25) is 11.8 Å². The summed E-state index contributed by atoms with van der Waals surface area (Å²) < 4.78 is 16.1. The van der Waals surface area contributed by atoms with Gasteiger partial charge in [-0.3, -0.25) is 14.5 Å². The Bertz CT molecular complexity index is 1490. The quantitative estimate of drug-likeness (QED) is 0.196. The highest BCUT2D eigenvalue weighted by atomic mass is 35.5. The Labute approximate surface area is 305 Å².